The van der Waals surface area contributed by atoms with Crippen molar-refractivity contribution in [2.24, 2.45) is 11.8 Å². The maximum atomic E-state index is 13.6. The second-order valence-electron chi connectivity index (χ2n) is 9.23. The number of amides is 1. The van der Waals surface area contributed by atoms with Crippen molar-refractivity contribution in [1.82, 2.24) is 14.5 Å². The number of para-hydroxylation sites is 1. The first kappa shape index (κ1) is 21.3. The zero-order valence-corrected chi connectivity index (χ0v) is 19.1. The smallest absolute Gasteiger partial charge is 0.266 e. The molecule has 0 N–H and O–H groups in total. The van der Waals surface area contributed by atoms with E-state index in [2.05, 4.69) is 20.8 Å². The van der Waals surface area contributed by atoms with Crippen LogP contribution in [0.3, 0.4) is 0 Å². The van der Waals surface area contributed by atoms with Crippen LogP contribution in [0.2, 0.25) is 0 Å². The third kappa shape index (κ3) is 4.14. The summed E-state index contributed by atoms with van der Waals surface area (Å²) in [5.41, 5.74) is 3.64. The van der Waals surface area contributed by atoms with Gasteiger partial charge < -0.3 is 4.90 Å². The molecule has 4 rings (SSSR count). The van der Waals surface area contributed by atoms with Crippen LogP contribution >= 0.6 is 0 Å². The van der Waals surface area contributed by atoms with Gasteiger partial charge in [-0.1, -0.05) is 32.0 Å². The van der Waals surface area contributed by atoms with Gasteiger partial charge in [0.25, 0.3) is 5.56 Å². The summed E-state index contributed by atoms with van der Waals surface area (Å²) in [6.45, 7) is 11.0. The predicted molar refractivity (Wildman–Crippen MR) is 125 cm³/mol. The fourth-order valence-corrected chi connectivity index (χ4v) is 4.08. The van der Waals surface area contributed by atoms with E-state index in [1.807, 2.05) is 61.2 Å². The van der Waals surface area contributed by atoms with Crippen LogP contribution in [0.5, 0.6) is 0 Å². The monoisotopic (exact) mass is 417 g/mol. The van der Waals surface area contributed by atoms with E-state index >= 15 is 0 Å². The minimum atomic E-state index is -0.311. The van der Waals surface area contributed by atoms with Crippen molar-refractivity contribution < 1.29 is 4.79 Å². The molecule has 1 aliphatic rings. The Labute approximate surface area is 183 Å². The van der Waals surface area contributed by atoms with Crippen molar-refractivity contribution in [3.05, 3.63) is 69.8 Å². The van der Waals surface area contributed by atoms with Gasteiger partial charge in [0.15, 0.2) is 0 Å². The van der Waals surface area contributed by atoms with Crippen LogP contribution in [-0.4, -0.2) is 26.9 Å². The molecule has 1 aromatic heterocycles. The van der Waals surface area contributed by atoms with Gasteiger partial charge in [-0.25, -0.2) is 4.98 Å². The fourth-order valence-electron chi connectivity index (χ4n) is 4.08. The summed E-state index contributed by atoms with van der Waals surface area (Å²) in [7, 11) is 0. The number of nitrogens with zero attached hydrogens (tertiary/aromatic N) is 3. The van der Waals surface area contributed by atoms with Crippen LogP contribution < -0.4 is 5.56 Å². The Balaban J connectivity index is 1.93. The summed E-state index contributed by atoms with van der Waals surface area (Å²) in [5.74, 6) is 1.23. The van der Waals surface area contributed by atoms with Crippen LogP contribution in [0.1, 0.15) is 56.6 Å². The van der Waals surface area contributed by atoms with Gasteiger partial charge in [0.1, 0.15) is 5.82 Å². The van der Waals surface area contributed by atoms with E-state index in [4.69, 9.17) is 4.98 Å². The van der Waals surface area contributed by atoms with E-state index in [9.17, 15) is 9.59 Å². The number of hydrogen-bond acceptors (Lipinski definition) is 3. The Kier molecular flexibility index (Phi) is 5.69. The van der Waals surface area contributed by atoms with Crippen LogP contribution in [0, 0.1) is 25.7 Å². The molecule has 1 heterocycles. The van der Waals surface area contributed by atoms with Crippen LogP contribution in [0.15, 0.2) is 47.3 Å². The number of carbonyl (C=O) groups is 1. The fraction of sp³-hybridized carbons (Fsp3) is 0.423. The molecule has 2 aromatic carbocycles. The molecular weight excluding hydrogens is 386 g/mol. The summed E-state index contributed by atoms with van der Waals surface area (Å²) in [4.78, 5) is 33.6. The standard InChI is InChI=1S/C26H31N3O2/c1-16(2)15-28(25(30)20-11-12-20)19(5)24-27-23-9-7-6-8-22(23)26(31)29(24)21-13-10-17(3)18(4)14-21/h6-10,13-14,16,19-20H,11-12,15H2,1-5H3. The average molecular weight is 418 g/mol. The number of carbonyl (C=O) groups excluding carboxylic acids is 1. The Morgan fingerprint density at radius 3 is 2.45 bits per heavy atom. The number of benzene rings is 2. The number of rotatable bonds is 6. The highest BCUT2D eigenvalue weighted by Crippen LogP contribution is 2.34. The molecule has 5 heteroatoms. The van der Waals surface area contributed by atoms with Crippen molar-refractivity contribution in [3.8, 4) is 5.69 Å². The minimum absolute atomic E-state index is 0.0981. The highest BCUT2D eigenvalue weighted by atomic mass is 16.2. The van der Waals surface area contributed by atoms with Crippen LogP contribution in [0.4, 0.5) is 0 Å². The molecule has 1 unspecified atom stereocenters. The summed E-state index contributed by atoms with van der Waals surface area (Å²) < 4.78 is 1.70. The molecule has 1 aliphatic carbocycles. The Morgan fingerprint density at radius 1 is 1.10 bits per heavy atom. The van der Waals surface area contributed by atoms with Gasteiger partial charge in [-0.2, -0.15) is 0 Å². The van der Waals surface area contributed by atoms with E-state index in [1.165, 1.54) is 5.56 Å². The zero-order valence-electron chi connectivity index (χ0n) is 19.1. The molecule has 0 bridgehead atoms. The summed E-state index contributed by atoms with van der Waals surface area (Å²) in [5, 5.41) is 0.584. The first-order valence-corrected chi connectivity index (χ1v) is 11.2. The Bertz CT molecular complexity index is 1190. The molecule has 0 radical (unpaired) electrons. The molecule has 0 saturated heterocycles. The lowest BCUT2D eigenvalue weighted by Crippen LogP contribution is -2.40. The van der Waals surface area contributed by atoms with Crippen molar-refractivity contribution in [1.29, 1.82) is 0 Å². The Morgan fingerprint density at radius 2 is 1.81 bits per heavy atom. The van der Waals surface area contributed by atoms with Gasteiger partial charge in [0.2, 0.25) is 5.91 Å². The third-order valence-corrected chi connectivity index (χ3v) is 6.16. The number of hydrogen-bond donors (Lipinski definition) is 0. The van der Waals surface area contributed by atoms with Gasteiger partial charge in [0, 0.05) is 12.5 Å². The van der Waals surface area contributed by atoms with E-state index in [1.54, 1.807) is 4.57 Å². The minimum Gasteiger partial charge on any atom is -0.332 e. The van der Waals surface area contributed by atoms with Crippen LogP contribution in [0.25, 0.3) is 16.6 Å². The van der Waals surface area contributed by atoms with E-state index in [-0.39, 0.29) is 23.4 Å². The summed E-state index contributed by atoms with van der Waals surface area (Å²) in [6.07, 6.45) is 1.91. The molecule has 3 aromatic rings. The third-order valence-electron chi connectivity index (χ3n) is 6.16. The van der Waals surface area contributed by atoms with Gasteiger partial charge in [-0.05, 0) is 74.9 Å². The first-order chi connectivity index (χ1) is 14.8. The second-order valence-corrected chi connectivity index (χ2v) is 9.23. The summed E-state index contributed by atoms with van der Waals surface area (Å²) in [6, 6.07) is 13.2. The highest BCUT2D eigenvalue weighted by molar-refractivity contribution is 5.82. The lowest BCUT2D eigenvalue weighted by molar-refractivity contribution is -0.135. The molecule has 0 aliphatic heterocycles. The number of aryl methyl sites for hydroxylation is 2. The van der Waals surface area contributed by atoms with Crippen molar-refractivity contribution in [3.63, 3.8) is 0 Å². The highest BCUT2D eigenvalue weighted by Gasteiger charge is 2.37. The molecule has 1 saturated carbocycles. The number of aromatic nitrogens is 2. The molecular formula is C26H31N3O2. The molecule has 1 amide bonds. The van der Waals surface area contributed by atoms with Gasteiger partial charge in [-0.3, -0.25) is 14.2 Å². The zero-order chi connectivity index (χ0) is 22.3. The topological polar surface area (TPSA) is 55.2 Å². The largest absolute Gasteiger partial charge is 0.332 e. The maximum Gasteiger partial charge on any atom is 0.266 e. The first-order valence-electron chi connectivity index (χ1n) is 11.2. The van der Waals surface area contributed by atoms with E-state index in [0.717, 1.165) is 24.1 Å². The Hall–Kier alpha value is -2.95. The molecule has 162 valence electrons. The van der Waals surface area contributed by atoms with Crippen molar-refractivity contribution in [2.75, 3.05) is 6.54 Å². The molecule has 5 nitrogen and oxygen atoms in total. The molecule has 0 spiro atoms. The quantitative estimate of drug-likeness (QED) is 0.570. The second kappa shape index (κ2) is 8.29. The molecule has 31 heavy (non-hydrogen) atoms. The normalized spacial score (nSPS) is 14.8. The lowest BCUT2D eigenvalue weighted by Gasteiger charge is -2.32. The van der Waals surface area contributed by atoms with Gasteiger partial charge in [0.05, 0.1) is 22.6 Å². The maximum absolute atomic E-state index is 13.6. The van der Waals surface area contributed by atoms with E-state index < -0.39 is 0 Å². The lowest BCUT2D eigenvalue weighted by atomic mass is 10.1. The molecule has 1 fully saturated rings. The number of fused-ring (bicyclic) bond motifs is 1. The van der Waals surface area contributed by atoms with Gasteiger partial charge in [-0.15, -0.1) is 0 Å². The SMILES string of the molecule is Cc1ccc(-n2c(C(C)N(CC(C)C)C(=O)C3CC3)nc3ccccc3c2=O)cc1C. The van der Waals surface area contributed by atoms with Gasteiger partial charge >= 0.3 is 0 Å². The van der Waals surface area contributed by atoms with Crippen LogP contribution in [-0.2, 0) is 4.79 Å². The van der Waals surface area contributed by atoms with Crippen molar-refractivity contribution in [2.45, 2.75) is 53.5 Å². The average Bonchev–Trinajstić information content (AvgIpc) is 3.58. The predicted octanol–water partition coefficient (Wildman–Crippen LogP) is 4.96. The summed E-state index contributed by atoms with van der Waals surface area (Å²) >= 11 is 0. The van der Waals surface area contributed by atoms with E-state index in [0.29, 0.717) is 29.2 Å². The molecule has 1 atom stereocenters. The van der Waals surface area contributed by atoms with Crippen molar-refractivity contribution >= 4 is 16.8 Å².